The zero-order chi connectivity index (χ0) is 14.0. The molecule has 3 N–H and O–H groups in total. The van der Waals surface area contributed by atoms with Crippen molar-refractivity contribution in [3.8, 4) is 11.5 Å². The van der Waals surface area contributed by atoms with Crippen molar-refractivity contribution in [2.24, 2.45) is 0 Å². The van der Waals surface area contributed by atoms with Gasteiger partial charge in [0, 0.05) is 18.3 Å². The second kappa shape index (κ2) is 5.20. The molecule has 1 saturated carbocycles. The number of rotatable bonds is 3. The first-order chi connectivity index (χ1) is 9.65. The van der Waals surface area contributed by atoms with Gasteiger partial charge in [-0.1, -0.05) is 12.8 Å². The van der Waals surface area contributed by atoms with Gasteiger partial charge in [-0.3, -0.25) is 0 Å². The molecule has 1 aromatic carbocycles. The van der Waals surface area contributed by atoms with Gasteiger partial charge < -0.3 is 25.2 Å². The van der Waals surface area contributed by atoms with E-state index in [9.17, 15) is 9.90 Å². The summed E-state index contributed by atoms with van der Waals surface area (Å²) in [5.41, 5.74) is -0.114. The zero-order valence-corrected chi connectivity index (χ0v) is 11.1. The lowest BCUT2D eigenvalue weighted by molar-refractivity contribution is 0.0506. The summed E-state index contributed by atoms with van der Waals surface area (Å²) in [6, 6.07) is 4.88. The summed E-state index contributed by atoms with van der Waals surface area (Å²) < 4.78 is 10.4. The van der Waals surface area contributed by atoms with Crippen molar-refractivity contribution in [3.05, 3.63) is 18.2 Å². The number of aliphatic hydroxyl groups is 1. The number of hydrogen-bond acceptors (Lipinski definition) is 4. The van der Waals surface area contributed by atoms with Crippen molar-refractivity contribution >= 4 is 11.7 Å². The number of amides is 2. The molecule has 1 aliphatic carbocycles. The van der Waals surface area contributed by atoms with Crippen LogP contribution in [0.1, 0.15) is 25.7 Å². The predicted octanol–water partition coefficient (Wildman–Crippen LogP) is 1.84. The Labute approximate surface area is 117 Å². The number of urea groups is 1. The van der Waals surface area contributed by atoms with Gasteiger partial charge in [0.05, 0.1) is 5.60 Å². The number of anilines is 1. The van der Waals surface area contributed by atoms with Crippen LogP contribution in [0.3, 0.4) is 0 Å². The molecule has 6 nitrogen and oxygen atoms in total. The van der Waals surface area contributed by atoms with Crippen LogP contribution in [0.4, 0.5) is 10.5 Å². The minimum Gasteiger partial charge on any atom is -0.454 e. The van der Waals surface area contributed by atoms with E-state index in [4.69, 9.17) is 9.47 Å². The van der Waals surface area contributed by atoms with Gasteiger partial charge in [-0.05, 0) is 25.0 Å². The third-order valence-electron chi connectivity index (χ3n) is 3.74. The molecule has 0 spiro atoms. The van der Waals surface area contributed by atoms with E-state index in [0.29, 0.717) is 17.2 Å². The summed E-state index contributed by atoms with van der Waals surface area (Å²) in [7, 11) is 0. The van der Waals surface area contributed by atoms with Crippen LogP contribution in [-0.4, -0.2) is 30.1 Å². The van der Waals surface area contributed by atoms with E-state index in [2.05, 4.69) is 10.6 Å². The molecular formula is C14H18N2O4. The highest BCUT2D eigenvalue weighted by Crippen LogP contribution is 2.34. The number of nitrogens with one attached hydrogen (secondary N) is 2. The lowest BCUT2D eigenvalue weighted by Crippen LogP contribution is -2.42. The van der Waals surface area contributed by atoms with E-state index in [1.54, 1.807) is 18.2 Å². The van der Waals surface area contributed by atoms with E-state index in [-0.39, 0.29) is 19.4 Å². The van der Waals surface area contributed by atoms with E-state index in [0.717, 1.165) is 25.7 Å². The molecule has 2 aliphatic rings. The Morgan fingerprint density at radius 2 is 2.00 bits per heavy atom. The average molecular weight is 278 g/mol. The predicted molar refractivity (Wildman–Crippen MR) is 73.0 cm³/mol. The Morgan fingerprint density at radius 1 is 1.25 bits per heavy atom. The Morgan fingerprint density at radius 3 is 2.80 bits per heavy atom. The Kier molecular flexibility index (Phi) is 3.40. The van der Waals surface area contributed by atoms with Gasteiger partial charge in [0.25, 0.3) is 0 Å². The summed E-state index contributed by atoms with van der Waals surface area (Å²) in [4.78, 5) is 11.8. The maximum Gasteiger partial charge on any atom is 0.319 e. The first-order valence-corrected chi connectivity index (χ1v) is 6.82. The van der Waals surface area contributed by atoms with Crippen LogP contribution in [0.5, 0.6) is 11.5 Å². The number of fused-ring (bicyclic) bond motifs is 1. The van der Waals surface area contributed by atoms with Crippen molar-refractivity contribution in [1.82, 2.24) is 5.32 Å². The molecule has 1 heterocycles. The third kappa shape index (κ3) is 2.80. The van der Waals surface area contributed by atoms with E-state index >= 15 is 0 Å². The summed E-state index contributed by atoms with van der Waals surface area (Å²) in [6.45, 7) is 0.488. The number of ether oxygens (including phenoxy) is 2. The Balaban J connectivity index is 1.53. The van der Waals surface area contributed by atoms with E-state index in [1.807, 2.05) is 0 Å². The largest absolute Gasteiger partial charge is 0.454 e. The number of hydrogen-bond donors (Lipinski definition) is 3. The molecule has 0 bridgehead atoms. The first-order valence-electron chi connectivity index (χ1n) is 6.82. The zero-order valence-electron chi connectivity index (χ0n) is 11.1. The molecule has 0 unspecified atom stereocenters. The quantitative estimate of drug-likeness (QED) is 0.788. The fourth-order valence-corrected chi connectivity index (χ4v) is 2.60. The average Bonchev–Trinajstić information content (AvgIpc) is 3.05. The van der Waals surface area contributed by atoms with Crippen LogP contribution in [-0.2, 0) is 0 Å². The molecule has 0 saturated heterocycles. The van der Waals surface area contributed by atoms with Crippen molar-refractivity contribution in [2.45, 2.75) is 31.3 Å². The lowest BCUT2D eigenvalue weighted by Gasteiger charge is -2.22. The minimum absolute atomic E-state index is 0.206. The molecule has 1 fully saturated rings. The lowest BCUT2D eigenvalue weighted by atomic mass is 10.0. The second-order valence-electron chi connectivity index (χ2n) is 5.31. The third-order valence-corrected chi connectivity index (χ3v) is 3.74. The van der Waals surface area contributed by atoms with Gasteiger partial charge in [0.15, 0.2) is 11.5 Å². The topological polar surface area (TPSA) is 79.8 Å². The molecule has 0 atom stereocenters. The summed E-state index contributed by atoms with van der Waals surface area (Å²) in [5, 5.41) is 15.6. The second-order valence-corrected chi connectivity index (χ2v) is 5.31. The van der Waals surface area contributed by atoms with E-state index < -0.39 is 5.60 Å². The van der Waals surface area contributed by atoms with Crippen LogP contribution < -0.4 is 20.1 Å². The molecule has 2 amide bonds. The van der Waals surface area contributed by atoms with Crippen molar-refractivity contribution < 1.29 is 19.4 Å². The highest BCUT2D eigenvalue weighted by Gasteiger charge is 2.31. The van der Waals surface area contributed by atoms with Crippen molar-refractivity contribution in [3.63, 3.8) is 0 Å². The monoisotopic (exact) mass is 278 g/mol. The van der Waals surface area contributed by atoms with Gasteiger partial charge in [-0.2, -0.15) is 0 Å². The smallest absolute Gasteiger partial charge is 0.319 e. The maximum atomic E-state index is 11.8. The van der Waals surface area contributed by atoms with Crippen LogP contribution in [0.2, 0.25) is 0 Å². The van der Waals surface area contributed by atoms with Crippen molar-refractivity contribution in [2.75, 3.05) is 18.7 Å². The molecular weight excluding hydrogens is 260 g/mol. The molecule has 0 radical (unpaired) electrons. The normalized spacial score (nSPS) is 18.9. The standard InChI is InChI=1S/C14H18N2O4/c17-13(15-8-14(18)5-1-2-6-14)16-10-3-4-11-12(7-10)20-9-19-11/h3-4,7,18H,1-2,5-6,8-9H2,(H2,15,16,17). The molecule has 0 aromatic heterocycles. The van der Waals surface area contributed by atoms with Crippen LogP contribution in [0, 0.1) is 0 Å². The fraction of sp³-hybridized carbons (Fsp3) is 0.500. The molecule has 1 aromatic rings. The van der Waals surface area contributed by atoms with Crippen LogP contribution in [0.15, 0.2) is 18.2 Å². The summed E-state index contributed by atoms with van der Waals surface area (Å²) >= 11 is 0. The summed E-state index contributed by atoms with van der Waals surface area (Å²) in [5.74, 6) is 1.30. The minimum atomic E-state index is -0.744. The first kappa shape index (κ1) is 13.1. The fourth-order valence-electron chi connectivity index (χ4n) is 2.60. The Hall–Kier alpha value is -1.95. The molecule has 3 rings (SSSR count). The van der Waals surface area contributed by atoms with Gasteiger partial charge in [0.2, 0.25) is 6.79 Å². The SMILES string of the molecule is O=C(NCC1(O)CCCC1)Nc1ccc2c(c1)OCO2. The van der Waals surface area contributed by atoms with Crippen molar-refractivity contribution in [1.29, 1.82) is 0 Å². The molecule has 108 valence electrons. The molecule has 20 heavy (non-hydrogen) atoms. The highest BCUT2D eigenvalue weighted by atomic mass is 16.7. The van der Waals surface area contributed by atoms with E-state index in [1.165, 1.54) is 0 Å². The molecule has 1 aliphatic heterocycles. The number of carbonyl (C=O) groups excluding carboxylic acids is 1. The number of benzene rings is 1. The Bertz CT molecular complexity index is 512. The van der Waals surface area contributed by atoms with Crippen LogP contribution >= 0.6 is 0 Å². The highest BCUT2D eigenvalue weighted by molar-refractivity contribution is 5.89. The van der Waals surface area contributed by atoms with Gasteiger partial charge in [0.1, 0.15) is 0 Å². The van der Waals surface area contributed by atoms with Gasteiger partial charge in [-0.15, -0.1) is 0 Å². The van der Waals surface area contributed by atoms with Gasteiger partial charge >= 0.3 is 6.03 Å². The summed E-state index contributed by atoms with van der Waals surface area (Å²) in [6.07, 6.45) is 3.53. The van der Waals surface area contributed by atoms with Gasteiger partial charge in [-0.25, -0.2) is 4.79 Å². The van der Waals surface area contributed by atoms with Crippen LogP contribution in [0.25, 0.3) is 0 Å². The maximum absolute atomic E-state index is 11.8. The number of carbonyl (C=O) groups is 1. The molecule has 6 heteroatoms.